The molecule has 0 spiro atoms. The van der Waals surface area contributed by atoms with E-state index in [1.54, 1.807) is 12.1 Å². The van der Waals surface area contributed by atoms with Gasteiger partial charge < -0.3 is 15.6 Å². The van der Waals surface area contributed by atoms with Gasteiger partial charge in [-0.05, 0) is 30.5 Å². The Morgan fingerprint density at radius 2 is 2.29 bits per heavy atom. The summed E-state index contributed by atoms with van der Waals surface area (Å²) in [5.74, 6) is -0.206. The number of benzene rings is 1. The van der Waals surface area contributed by atoms with Crippen LogP contribution >= 0.6 is 11.6 Å². The molecule has 0 bridgehead atoms. The van der Waals surface area contributed by atoms with Crippen LogP contribution in [0.2, 0.25) is 5.02 Å². The number of hydrogen-bond acceptors (Lipinski definition) is 4. The lowest BCUT2D eigenvalue weighted by molar-refractivity contribution is -0.140. The second kappa shape index (κ2) is 6.47. The number of aromatic hydroxyl groups is 1. The number of carbonyl (C=O) groups excluding carboxylic acids is 1. The third kappa shape index (κ3) is 4.63. The SMILES string of the molecule is COC(=O)CCC(N)Cc1ccc(O)c(Cl)c1. The summed E-state index contributed by atoms with van der Waals surface area (Å²) in [6, 6.07) is 4.84. The van der Waals surface area contributed by atoms with E-state index in [0.29, 0.717) is 24.3 Å². The minimum Gasteiger partial charge on any atom is -0.506 e. The molecule has 1 aromatic carbocycles. The molecule has 4 nitrogen and oxygen atoms in total. The van der Waals surface area contributed by atoms with Gasteiger partial charge in [0.25, 0.3) is 0 Å². The van der Waals surface area contributed by atoms with Gasteiger partial charge in [-0.15, -0.1) is 0 Å². The summed E-state index contributed by atoms with van der Waals surface area (Å²) in [6.45, 7) is 0. The number of halogens is 1. The van der Waals surface area contributed by atoms with Crippen LogP contribution in [-0.4, -0.2) is 24.2 Å². The molecule has 0 radical (unpaired) electrons. The lowest BCUT2D eigenvalue weighted by Gasteiger charge is -2.11. The van der Waals surface area contributed by atoms with E-state index in [4.69, 9.17) is 17.3 Å². The zero-order chi connectivity index (χ0) is 12.8. The largest absolute Gasteiger partial charge is 0.506 e. The minimum atomic E-state index is -0.260. The molecule has 0 aliphatic heterocycles. The Morgan fingerprint density at radius 3 is 2.88 bits per heavy atom. The fourth-order valence-corrected chi connectivity index (χ4v) is 1.69. The summed E-state index contributed by atoms with van der Waals surface area (Å²) in [5.41, 5.74) is 6.82. The van der Waals surface area contributed by atoms with Crippen LogP contribution in [0.3, 0.4) is 0 Å². The molecule has 0 aliphatic carbocycles. The van der Waals surface area contributed by atoms with E-state index < -0.39 is 0 Å². The molecule has 0 fully saturated rings. The molecular weight excluding hydrogens is 242 g/mol. The molecule has 0 aromatic heterocycles. The van der Waals surface area contributed by atoms with Crippen molar-refractivity contribution in [3.05, 3.63) is 28.8 Å². The third-order valence-corrected chi connectivity index (χ3v) is 2.76. The van der Waals surface area contributed by atoms with Crippen molar-refractivity contribution in [1.82, 2.24) is 0 Å². The standard InChI is InChI=1S/C12H16ClNO3/c1-17-12(16)5-3-9(14)6-8-2-4-11(15)10(13)7-8/h2,4,7,9,15H,3,5-6,14H2,1H3. The lowest BCUT2D eigenvalue weighted by atomic mass is 10.0. The van der Waals surface area contributed by atoms with Gasteiger partial charge in [0.1, 0.15) is 5.75 Å². The van der Waals surface area contributed by atoms with Crippen molar-refractivity contribution in [3.8, 4) is 5.75 Å². The number of nitrogens with two attached hydrogens (primary N) is 1. The van der Waals surface area contributed by atoms with E-state index in [0.717, 1.165) is 5.56 Å². The number of hydrogen-bond donors (Lipinski definition) is 2. The van der Waals surface area contributed by atoms with Crippen molar-refractivity contribution in [2.45, 2.75) is 25.3 Å². The van der Waals surface area contributed by atoms with Crippen molar-refractivity contribution in [1.29, 1.82) is 0 Å². The Bertz CT molecular complexity index is 395. The number of ether oxygens (including phenoxy) is 1. The molecule has 5 heteroatoms. The van der Waals surface area contributed by atoms with Gasteiger partial charge in [0, 0.05) is 12.5 Å². The predicted molar refractivity (Wildman–Crippen MR) is 66.0 cm³/mol. The van der Waals surface area contributed by atoms with Crippen molar-refractivity contribution >= 4 is 17.6 Å². The summed E-state index contributed by atoms with van der Waals surface area (Å²) >= 11 is 5.78. The Kier molecular flexibility index (Phi) is 5.25. The first-order chi connectivity index (χ1) is 8.02. The monoisotopic (exact) mass is 257 g/mol. The molecule has 17 heavy (non-hydrogen) atoms. The number of methoxy groups -OCH3 is 1. The minimum absolute atomic E-state index is 0.0542. The van der Waals surface area contributed by atoms with E-state index in [1.807, 2.05) is 0 Å². The van der Waals surface area contributed by atoms with Gasteiger partial charge in [0.2, 0.25) is 0 Å². The molecule has 94 valence electrons. The number of phenolic OH excluding ortho intramolecular Hbond substituents is 1. The van der Waals surface area contributed by atoms with Crippen molar-refractivity contribution in [2.24, 2.45) is 5.73 Å². The molecule has 3 N–H and O–H groups in total. The summed E-state index contributed by atoms with van der Waals surface area (Å²) in [7, 11) is 1.35. The number of rotatable bonds is 5. The highest BCUT2D eigenvalue weighted by Gasteiger charge is 2.09. The lowest BCUT2D eigenvalue weighted by Crippen LogP contribution is -2.24. The summed E-state index contributed by atoms with van der Waals surface area (Å²) in [4.78, 5) is 10.9. The Balaban J connectivity index is 2.47. The zero-order valence-electron chi connectivity index (χ0n) is 9.65. The van der Waals surface area contributed by atoms with Crippen LogP contribution in [0.25, 0.3) is 0 Å². The first kappa shape index (κ1) is 13.8. The molecule has 1 atom stereocenters. The maximum absolute atomic E-state index is 10.9. The van der Waals surface area contributed by atoms with Gasteiger partial charge in [-0.1, -0.05) is 17.7 Å². The van der Waals surface area contributed by atoms with Crippen molar-refractivity contribution in [3.63, 3.8) is 0 Å². The average Bonchev–Trinajstić information content (AvgIpc) is 2.31. The Morgan fingerprint density at radius 1 is 1.59 bits per heavy atom. The predicted octanol–water partition coefficient (Wildman–Crippen LogP) is 1.87. The molecule has 0 aliphatic rings. The van der Waals surface area contributed by atoms with Crippen LogP contribution in [0, 0.1) is 0 Å². The molecule has 1 aromatic rings. The van der Waals surface area contributed by atoms with Gasteiger partial charge in [-0.25, -0.2) is 0 Å². The second-order valence-corrected chi connectivity index (χ2v) is 4.27. The number of carbonyl (C=O) groups is 1. The molecule has 1 rings (SSSR count). The summed E-state index contributed by atoms with van der Waals surface area (Å²) in [5, 5.41) is 9.57. The normalized spacial score (nSPS) is 12.2. The van der Waals surface area contributed by atoms with Gasteiger partial charge >= 0.3 is 5.97 Å². The first-order valence-corrected chi connectivity index (χ1v) is 5.70. The second-order valence-electron chi connectivity index (χ2n) is 3.86. The highest BCUT2D eigenvalue weighted by atomic mass is 35.5. The van der Waals surface area contributed by atoms with Crippen LogP contribution in [0.5, 0.6) is 5.75 Å². The highest BCUT2D eigenvalue weighted by Crippen LogP contribution is 2.24. The van der Waals surface area contributed by atoms with E-state index in [-0.39, 0.29) is 17.8 Å². The van der Waals surface area contributed by atoms with Crippen LogP contribution in [-0.2, 0) is 16.0 Å². The highest BCUT2D eigenvalue weighted by molar-refractivity contribution is 6.32. The van der Waals surface area contributed by atoms with Crippen LogP contribution in [0.15, 0.2) is 18.2 Å². The van der Waals surface area contributed by atoms with Crippen LogP contribution < -0.4 is 5.73 Å². The molecule has 0 saturated carbocycles. The molecule has 1 unspecified atom stereocenters. The number of phenols is 1. The Hall–Kier alpha value is -1.26. The average molecular weight is 258 g/mol. The molecule has 0 saturated heterocycles. The van der Waals surface area contributed by atoms with Crippen LogP contribution in [0.1, 0.15) is 18.4 Å². The van der Waals surface area contributed by atoms with Gasteiger partial charge in [0.05, 0.1) is 12.1 Å². The van der Waals surface area contributed by atoms with E-state index in [2.05, 4.69) is 4.74 Å². The maximum atomic E-state index is 10.9. The van der Waals surface area contributed by atoms with E-state index >= 15 is 0 Å². The van der Waals surface area contributed by atoms with Gasteiger partial charge in [-0.3, -0.25) is 4.79 Å². The fraction of sp³-hybridized carbons (Fsp3) is 0.417. The van der Waals surface area contributed by atoms with Crippen LogP contribution in [0.4, 0.5) is 0 Å². The summed E-state index contributed by atoms with van der Waals surface area (Å²) < 4.78 is 4.54. The Labute approximate surface area is 105 Å². The topological polar surface area (TPSA) is 72.5 Å². The first-order valence-electron chi connectivity index (χ1n) is 5.32. The maximum Gasteiger partial charge on any atom is 0.305 e. The quantitative estimate of drug-likeness (QED) is 0.790. The zero-order valence-corrected chi connectivity index (χ0v) is 10.4. The van der Waals surface area contributed by atoms with E-state index in [1.165, 1.54) is 13.2 Å². The van der Waals surface area contributed by atoms with Gasteiger partial charge in [0.15, 0.2) is 0 Å². The smallest absolute Gasteiger partial charge is 0.305 e. The van der Waals surface area contributed by atoms with Crippen molar-refractivity contribution in [2.75, 3.05) is 7.11 Å². The van der Waals surface area contributed by atoms with Gasteiger partial charge in [-0.2, -0.15) is 0 Å². The fourth-order valence-electron chi connectivity index (χ4n) is 1.49. The summed E-state index contributed by atoms with van der Waals surface area (Å²) in [6.07, 6.45) is 1.48. The molecule has 0 heterocycles. The van der Waals surface area contributed by atoms with Crippen molar-refractivity contribution < 1.29 is 14.6 Å². The third-order valence-electron chi connectivity index (χ3n) is 2.46. The number of esters is 1. The molecular formula is C12H16ClNO3. The van der Waals surface area contributed by atoms with E-state index in [9.17, 15) is 9.90 Å². The molecule has 0 amide bonds.